The minimum atomic E-state index is -0.193. The maximum Gasteiger partial charge on any atom is 0.252 e. The average molecular weight is 750 g/mol. The molecule has 0 radical (unpaired) electrons. The van der Waals surface area contributed by atoms with E-state index in [9.17, 15) is 0 Å². The molecule has 5 heteroatoms. The van der Waals surface area contributed by atoms with Gasteiger partial charge in [0.15, 0.2) is 0 Å². The Balaban J connectivity index is 1.27. The number of hydrogen-bond acceptors (Lipinski definition) is 3. The number of para-hydroxylation sites is 2. The van der Waals surface area contributed by atoms with Crippen LogP contribution in [0.15, 0.2) is 127 Å². The summed E-state index contributed by atoms with van der Waals surface area (Å²) in [5.41, 5.74) is 16.8. The lowest BCUT2D eigenvalue weighted by molar-refractivity contribution is 0.194. The monoisotopic (exact) mass is 749 g/mol. The molecule has 57 heavy (non-hydrogen) atoms. The second-order valence-electron chi connectivity index (χ2n) is 19.5. The molecule has 0 amide bonds. The summed E-state index contributed by atoms with van der Waals surface area (Å²) in [6, 6.07) is 46.8. The van der Waals surface area contributed by atoms with Crippen LogP contribution in [0.5, 0.6) is 0 Å². The minimum absolute atomic E-state index is 0.0322. The smallest absolute Gasteiger partial charge is 0.252 e. The first-order valence-corrected chi connectivity index (χ1v) is 21.0. The van der Waals surface area contributed by atoms with Gasteiger partial charge in [0, 0.05) is 50.9 Å². The molecule has 1 aliphatic carbocycles. The summed E-state index contributed by atoms with van der Waals surface area (Å²) in [5, 5.41) is 0. The van der Waals surface area contributed by atoms with Crippen molar-refractivity contribution in [2.75, 3.05) is 14.7 Å². The van der Waals surface area contributed by atoms with Crippen molar-refractivity contribution in [3.05, 3.63) is 150 Å². The first-order chi connectivity index (χ1) is 27.2. The van der Waals surface area contributed by atoms with Gasteiger partial charge in [0.1, 0.15) is 5.82 Å². The largest absolute Gasteiger partial charge is 0.334 e. The lowest BCUT2D eigenvalue weighted by Crippen LogP contribution is -2.61. The molecule has 3 heterocycles. The van der Waals surface area contributed by atoms with Gasteiger partial charge in [-0.15, -0.1) is 0 Å². The van der Waals surface area contributed by atoms with Crippen LogP contribution in [-0.2, 0) is 16.2 Å². The van der Waals surface area contributed by atoms with E-state index < -0.39 is 0 Å². The molecule has 0 aromatic heterocycles. The first-order valence-electron chi connectivity index (χ1n) is 21.0. The lowest BCUT2D eigenvalue weighted by atomic mass is 9.33. The summed E-state index contributed by atoms with van der Waals surface area (Å²) in [6.45, 7) is 18.7. The van der Waals surface area contributed by atoms with Gasteiger partial charge in [-0.1, -0.05) is 116 Å². The maximum absolute atomic E-state index is 15.1. The van der Waals surface area contributed by atoms with Crippen LogP contribution in [0.1, 0.15) is 97.8 Å². The molecule has 1 saturated carbocycles. The predicted octanol–water partition coefficient (Wildman–Crippen LogP) is 12.2. The number of halogens is 1. The molecule has 3 nitrogen and oxygen atoms in total. The van der Waals surface area contributed by atoms with Crippen LogP contribution >= 0.6 is 0 Å². The van der Waals surface area contributed by atoms with E-state index in [2.05, 4.69) is 179 Å². The average Bonchev–Trinajstić information content (AvgIpc) is 3.39. The zero-order chi connectivity index (χ0) is 39.6. The van der Waals surface area contributed by atoms with E-state index in [4.69, 9.17) is 0 Å². The quantitative estimate of drug-likeness (QED) is 0.167. The molecule has 6 aromatic rings. The van der Waals surface area contributed by atoms with E-state index in [0.717, 1.165) is 47.6 Å². The molecule has 2 atom stereocenters. The topological polar surface area (TPSA) is 9.72 Å². The summed E-state index contributed by atoms with van der Waals surface area (Å²) in [6.07, 6.45) is 4.44. The minimum Gasteiger partial charge on any atom is -0.334 e. The second kappa shape index (κ2) is 12.4. The van der Waals surface area contributed by atoms with Crippen LogP contribution < -0.4 is 31.1 Å². The third-order valence-corrected chi connectivity index (χ3v) is 14.2. The van der Waals surface area contributed by atoms with E-state index >= 15 is 4.39 Å². The fraction of sp³-hybridized carbons (Fsp3) is 0.308. The fourth-order valence-corrected chi connectivity index (χ4v) is 10.9. The van der Waals surface area contributed by atoms with Gasteiger partial charge in [-0.2, -0.15) is 0 Å². The zero-order valence-electron chi connectivity index (χ0n) is 34.7. The molecule has 286 valence electrons. The Morgan fingerprint density at radius 1 is 0.526 bits per heavy atom. The number of benzene rings is 6. The van der Waals surface area contributed by atoms with Crippen LogP contribution in [0.25, 0.3) is 0 Å². The van der Waals surface area contributed by atoms with Crippen molar-refractivity contribution < 1.29 is 4.39 Å². The molecule has 3 aliphatic heterocycles. The predicted molar refractivity (Wildman–Crippen MR) is 241 cm³/mol. The number of rotatable bonds is 3. The Morgan fingerprint density at radius 3 is 1.82 bits per heavy atom. The summed E-state index contributed by atoms with van der Waals surface area (Å²) >= 11 is 0. The lowest BCUT2D eigenvalue weighted by Gasteiger charge is -2.50. The molecule has 0 bridgehead atoms. The molecular formula is C52H53BFN3. The van der Waals surface area contributed by atoms with Crippen molar-refractivity contribution in [3.63, 3.8) is 0 Å². The molecule has 0 spiro atoms. The van der Waals surface area contributed by atoms with Crippen LogP contribution in [0.4, 0.5) is 49.9 Å². The molecular weight excluding hydrogens is 696 g/mol. The molecule has 2 unspecified atom stereocenters. The fourth-order valence-electron chi connectivity index (χ4n) is 10.9. The van der Waals surface area contributed by atoms with Crippen molar-refractivity contribution in [2.45, 2.75) is 103 Å². The highest BCUT2D eigenvalue weighted by Crippen LogP contribution is 2.61. The van der Waals surface area contributed by atoms with Gasteiger partial charge in [-0.25, -0.2) is 4.39 Å². The summed E-state index contributed by atoms with van der Waals surface area (Å²) in [5.74, 6) is -0.150. The number of hydrogen-bond donors (Lipinski definition) is 0. The van der Waals surface area contributed by atoms with Crippen molar-refractivity contribution in [2.24, 2.45) is 0 Å². The maximum atomic E-state index is 15.1. The normalized spacial score (nSPS) is 20.8. The summed E-state index contributed by atoms with van der Waals surface area (Å²) < 4.78 is 15.1. The Hall–Kier alpha value is -5.29. The number of anilines is 8. The van der Waals surface area contributed by atoms with Gasteiger partial charge < -0.3 is 14.7 Å². The Morgan fingerprint density at radius 2 is 1.12 bits per heavy atom. The van der Waals surface area contributed by atoms with E-state index in [-0.39, 0.29) is 34.3 Å². The molecule has 0 saturated heterocycles. The van der Waals surface area contributed by atoms with E-state index in [1.807, 2.05) is 12.1 Å². The van der Waals surface area contributed by atoms with Gasteiger partial charge >= 0.3 is 0 Å². The van der Waals surface area contributed by atoms with Gasteiger partial charge in [0.05, 0.1) is 5.54 Å². The molecule has 6 aromatic carbocycles. The SMILES string of the molecule is CC(C)(C)c1ccc(N2c3cc(N4c5ccc(F)cc5C5(C)CCCCC45C)ccc3B3c4ccccc4N(c4ccccc4)c4cc(C(C)(C)C)cc2c43)cc1. The van der Waals surface area contributed by atoms with Crippen molar-refractivity contribution in [3.8, 4) is 0 Å². The molecule has 10 rings (SSSR count). The van der Waals surface area contributed by atoms with Crippen molar-refractivity contribution in [1.82, 2.24) is 0 Å². The van der Waals surface area contributed by atoms with Gasteiger partial charge in [0.25, 0.3) is 6.71 Å². The van der Waals surface area contributed by atoms with E-state index in [1.54, 1.807) is 6.07 Å². The molecule has 1 fully saturated rings. The summed E-state index contributed by atoms with van der Waals surface area (Å²) in [7, 11) is 0. The summed E-state index contributed by atoms with van der Waals surface area (Å²) in [4.78, 5) is 7.63. The van der Waals surface area contributed by atoms with Crippen molar-refractivity contribution in [1.29, 1.82) is 0 Å². The number of fused-ring (bicyclic) bond motifs is 7. The zero-order valence-corrected chi connectivity index (χ0v) is 34.7. The van der Waals surface area contributed by atoms with Crippen LogP contribution in [0.3, 0.4) is 0 Å². The Kier molecular flexibility index (Phi) is 7.82. The van der Waals surface area contributed by atoms with Gasteiger partial charge in [0.2, 0.25) is 0 Å². The van der Waals surface area contributed by atoms with Crippen molar-refractivity contribution >= 4 is 68.6 Å². The highest BCUT2D eigenvalue weighted by molar-refractivity contribution is 7.00. The first kappa shape index (κ1) is 36.1. The van der Waals surface area contributed by atoms with Gasteiger partial charge in [-0.05, 0) is 136 Å². The molecule has 0 N–H and O–H groups in total. The second-order valence-corrected chi connectivity index (χ2v) is 19.5. The van der Waals surface area contributed by atoms with E-state index in [0.29, 0.717) is 0 Å². The number of nitrogens with zero attached hydrogens (tertiary/aromatic N) is 3. The Bertz CT molecular complexity index is 2570. The van der Waals surface area contributed by atoms with Crippen LogP contribution in [0, 0.1) is 5.82 Å². The van der Waals surface area contributed by atoms with E-state index in [1.165, 1.54) is 56.7 Å². The van der Waals surface area contributed by atoms with Crippen LogP contribution in [0.2, 0.25) is 0 Å². The molecule has 4 aliphatic rings. The standard InChI is InChI=1S/C52H53BFN3/c1-49(2,3)34-20-23-38(24-21-34)56-45-33-39(57-43-27-22-36(54)32-40(43)51(7)28-14-15-29-52(51,57)8)25-26-42(45)53-41-18-12-13-19-44(41)55(37-16-10-9-11-17-37)46-30-35(50(4,5)6)31-47(56)48(46)53/h9-13,16-27,30-33H,14-15,28-29H2,1-8H3. The van der Waals surface area contributed by atoms with Gasteiger partial charge in [-0.3, -0.25) is 0 Å². The third kappa shape index (κ3) is 5.23. The highest BCUT2D eigenvalue weighted by atomic mass is 19.1. The third-order valence-electron chi connectivity index (χ3n) is 14.2. The Labute approximate surface area is 339 Å². The highest BCUT2D eigenvalue weighted by Gasteiger charge is 2.58. The van der Waals surface area contributed by atoms with Crippen LogP contribution in [-0.4, -0.2) is 12.3 Å².